The Hall–Kier alpha value is -1.65. The van der Waals surface area contributed by atoms with Crippen LogP contribution in [0, 0.1) is 13.8 Å². The number of amides is 1. The molecule has 19 heavy (non-hydrogen) atoms. The molecule has 98 valence electrons. The van der Waals surface area contributed by atoms with Crippen LogP contribution < -0.4 is 5.32 Å². The number of anilines is 1. The van der Waals surface area contributed by atoms with Gasteiger partial charge < -0.3 is 5.32 Å². The van der Waals surface area contributed by atoms with Crippen molar-refractivity contribution in [3.63, 3.8) is 0 Å². The van der Waals surface area contributed by atoms with Gasteiger partial charge in [0, 0.05) is 21.4 Å². The fourth-order valence-electron chi connectivity index (χ4n) is 1.65. The maximum atomic E-state index is 12.1. The molecule has 0 bridgehead atoms. The Morgan fingerprint density at radius 1 is 1.05 bits per heavy atom. The maximum absolute atomic E-state index is 12.1. The van der Waals surface area contributed by atoms with Crippen LogP contribution in [-0.2, 0) is 0 Å². The Bertz CT molecular complexity index is 603. The van der Waals surface area contributed by atoms with Crippen LogP contribution in [0.3, 0.4) is 0 Å². The molecule has 0 saturated heterocycles. The van der Waals surface area contributed by atoms with E-state index in [4.69, 9.17) is 23.2 Å². The maximum Gasteiger partial charge on any atom is 0.274 e. The summed E-state index contributed by atoms with van der Waals surface area (Å²) in [6.45, 7) is 3.54. The van der Waals surface area contributed by atoms with E-state index in [1.807, 2.05) is 6.92 Å². The SMILES string of the molecule is Cc1cc(C(=O)Nc2cc(Cl)cc(Cl)c2)nc(C)n1. The summed E-state index contributed by atoms with van der Waals surface area (Å²) in [7, 11) is 0. The summed E-state index contributed by atoms with van der Waals surface area (Å²) < 4.78 is 0. The molecule has 0 fully saturated rings. The highest BCUT2D eigenvalue weighted by atomic mass is 35.5. The van der Waals surface area contributed by atoms with E-state index in [2.05, 4.69) is 15.3 Å². The molecule has 0 aliphatic heterocycles. The van der Waals surface area contributed by atoms with Gasteiger partial charge in [-0.15, -0.1) is 0 Å². The van der Waals surface area contributed by atoms with Gasteiger partial charge in [0.25, 0.3) is 5.91 Å². The number of halogens is 2. The van der Waals surface area contributed by atoms with Crippen molar-refractivity contribution in [2.45, 2.75) is 13.8 Å². The second kappa shape index (κ2) is 5.55. The van der Waals surface area contributed by atoms with E-state index in [1.54, 1.807) is 31.2 Å². The highest BCUT2D eigenvalue weighted by Gasteiger charge is 2.10. The van der Waals surface area contributed by atoms with Crippen molar-refractivity contribution in [1.29, 1.82) is 0 Å². The van der Waals surface area contributed by atoms with Gasteiger partial charge in [-0.2, -0.15) is 0 Å². The first-order valence-electron chi connectivity index (χ1n) is 5.54. The van der Waals surface area contributed by atoms with Gasteiger partial charge in [0.2, 0.25) is 0 Å². The van der Waals surface area contributed by atoms with E-state index in [9.17, 15) is 4.79 Å². The van der Waals surface area contributed by atoms with Crippen LogP contribution in [0.25, 0.3) is 0 Å². The van der Waals surface area contributed by atoms with Gasteiger partial charge in [-0.1, -0.05) is 23.2 Å². The zero-order valence-electron chi connectivity index (χ0n) is 10.4. The Morgan fingerprint density at radius 2 is 1.68 bits per heavy atom. The number of rotatable bonds is 2. The van der Waals surface area contributed by atoms with Crippen molar-refractivity contribution >= 4 is 34.8 Å². The molecule has 4 nitrogen and oxygen atoms in total. The van der Waals surface area contributed by atoms with Crippen molar-refractivity contribution < 1.29 is 4.79 Å². The number of benzene rings is 1. The molecule has 0 aliphatic rings. The van der Waals surface area contributed by atoms with Crippen molar-refractivity contribution in [2.24, 2.45) is 0 Å². The predicted octanol–water partition coefficient (Wildman–Crippen LogP) is 3.65. The van der Waals surface area contributed by atoms with Crippen LogP contribution in [0.15, 0.2) is 24.3 Å². The fraction of sp³-hybridized carbons (Fsp3) is 0.154. The number of hydrogen-bond donors (Lipinski definition) is 1. The van der Waals surface area contributed by atoms with Crippen molar-refractivity contribution in [3.05, 3.63) is 51.5 Å². The van der Waals surface area contributed by atoms with Crippen LogP contribution in [0.2, 0.25) is 10.0 Å². The summed E-state index contributed by atoms with van der Waals surface area (Å²) in [5, 5.41) is 3.61. The van der Waals surface area contributed by atoms with Crippen LogP contribution in [0.1, 0.15) is 22.0 Å². The van der Waals surface area contributed by atoms with Gasteiger partial charge in [-0.05, 0) is 38.1 Å². The molecular formula is C13H11Cl2N3O. The zero-order valence-corrected chi connectivity index (χ0v) is 11.9. The third-order valence-corrected chi connectivity index (χ3v) is 2.76. The lowest BCUT2D eigenvalue weighted by Gasteiger charge is -2.07. The molecule has 2 aromatic rings. The van der Waals surface area contributed by atoms with Crippen LogP contribution in [-0.4, -0.2) is 15.9 Å². The molecule has 1 N–H and O–H groups in total. The first-order chi connectivity index (χ1) is 8.94. The lowest BCUT2D eigenvalue weighted by Crippen LogP contribution is -2.15. The van der Waals surface area contributed by atoms with Crippen molar-refractivity contribution in [1.82, 2.24) is 9.97 Å². The summed E-state index contributed by atoms with van der Waals surface area (Å²) in [5.41, 5.74) is 1.57. The normalized spacial score (nSPS) is 10.3. The van der Waals surface area contributed by atoms with Gasteiger partial charge in [-0.3, -0.25) is 4.79 Å². The summed E-state index contributed by atoms with van der Waals surface area (Å²) in [6.07, 6.45) is 0. The van der Waals surface area contributed by atoms with E-state index in [0.717, 1.165) is 5.69 Å². The summed E-state index contributed by atoms with van der Waals surface area (Å²) in [6, 6.07) is 6.45. The van der Waals surface area contributed by atoms with E-state index < -0.39 is 0 Å². The average Bonchev–Trinajstić information content (AvgIpc) is 2.25. The molecule has 0 unspecified atom stereocenters. The number of aromatic nitrogens is 2. The minimum absolute atomic E-state index is 0.307. The Kier molecular flexibility index (Phi) is 4.02. The van der Waals surface area contributed by atoms with Gasteiger partial charge >= 0.3 is 0 Å². The van der Waals surface area contributed by atoms with E-state index >= 15 is 0 Å². The highest BCUT2D eigenvalue weighted by Crippen LogP contribution is 2.22. The number of nitrogens with one attached hydrogen (secondary N) is 1. The Balaban J connectivity index is 2.25. The minimum atomic E-state index is -0.327. The van der Waals surface area contributed by atoms with Gasteiger partial charge in [0.1, 0.15) is 11.5 Å². The quantitative estimate of drug-likeness (QED) is 0.920. The topological polar surface area (TPSA) is 54.9 Å². The first kappa shape index (κ1) is 13.8. The third-order valence-electron chi connectivity index (χ3n) is 2.32. The molecule has 0 aliphatic carbocycles. The van der Waals surface area contributed by atoms with E-state index in [0.29, 0.717) is 27.3 Å². The Morgan fingerprint density at radius 3 is 2.26 bits per heavy atom. The molecule has 2 rings (SSSR count). The van der Waals surface area contributed by atoms with Gasteiger partial charge in [-0.25, -0.2) is 9.97 Å². The van der Waals surface area contributed by atoms with Crippen molar-refractivity contribution in [3.8, 4) is 0 Å². The monoisotopic (exact) mass is 295 g/mol. The van der Waals surface area contributed by atoms with Gasteiger partial charge in [0.15, 0.2) is 0 Å². The third kappa shape index (κ3) is 3.66. The molecule has 1 aromatic carbocycles. The van der Waals surface area contributed by atoms with E-state index in [1.165, 1.54) is 0 Å². The Labute approximate surface area is 120 Å². The predicted molar refractivity (Wildman–Crippen MR) is 75.9 cm³/mol. The highest BCUT2D eigenvalue weighted by molar-refractivity contribution is 6.35. The number of hydrogen-bond acceptors (Lipinski definition) is 3. The standard InChI is InChI=1S/C13H11Cl2N3O/c1-7-3-12(17-8(2)16-7)13(19)18-11-5-9(14)4-10(15)6-11/h3-6H,1-2H3,(H,18,19). The summed E-state index contributed by atoms with van der Waals surface area (Å²) in [5.74, 6) is 0.223. The molecule has 0 radical (unpaired) electrons. The molecule has 1 aromatic heterocycles. The number of carbonyl (C=O) groups is 1. The molecule has 0 spiro atoms. The molecule has 1 amide bonds. The largest absolute Gasteiger partial charge is 0.321 e. The minimum Gasteiger partial charge on any atom is -0.321 e. The lowest BCUT2D eigenvalue weighted by atomic mass is 10.2. The summed E-state index contributed by atoms with van der Waals surface area (Å²) in [4.78, 5) is 20.3. The van der Waals surface area contributed by atoms with Crippen LogP contribution >= 0.6 is 23.2 Å². The molecule has 1 heterocycles. The van der Waals surface area contributed by atoms with E-state index in [-0.39, 0.29) is 5.91 Å². The molecule has 6 heteroatoms. The molecule has 0 atom stereocenters. The zero-order chi connectivity index (χ0) is 14.0. The number of carbonyl (C=O) groups excluding carboxylic acids is 1. The number of nitrogens with zero attached hydrogens (tertiary/aromatic N) is 2. The van der Waals surface area contributed by atoms with Crippen LogP contribution in [0.4, 0.5) is 5.69 Å². The second-order valence-corrected chi connectivity index (χ2v) is 4.93. The smallest absolute Gasteiger partial charge is 0.274 e. The van der Waals surface area contributed by atoms with Gasteiger partial charge in [0.05, 0.1) is 0 Å². The summed E-state index contributed by atoms with van der Waals surface area (Å²) >= 11 is 11.7. The molecule has 0 saturated carbocycles. The molecular weight excluding hydrogens is 285 g/mol. The first-order valence-corrected chi connectivity index (χ1v) is 6.29. The lowest BCUT2D eigenvalue weighted by molar-refractivity contribution is 0.102. The average molecular weight is 296 g/mol. The van der Waals surface area contributed by atoms with Crippen molar-refractivity contribution in [2.75, 3.05) is 5.32 Å². The fourth-order valence-corrected chi connectivity index (χ4v) is 2.18. The second-order valence-electron chi connectivity index (χ2n) is 4.05. The number of aryl methyl sites for hydroxylation is 2. The van der Waals surface area contributed by atoms with Crippen LogP contribution in [0.5, 0.6) is 0 Å².